The van der Waals surface area contributed by atoms with Gasteiger partial charge in [-0.05, 0) is 49.9 Å². The van der Waals surface area contributed by atoms with Gasteiger partial charge in [0.1, 0.15) is 12.1 Å². The van der Waals surface area contributed by atoms with E-state index in [9.17, 15) is 14.7 Å². The molecule has 0 atom stereocenters. The summed E-state index contributed by atoms with van der Waals surface area (Å²) < 4.78 is 15.8. The number of aryl methyl sites for hydroxylation is 2. The minimum Gasteiger partial charge on any atom is -0.872 e. The average molecular weight is 447 g/mol. The van der Waals surface area contributed by atoms with Crippen molar-refractivity contribution in [1.82, 2.24) is 4.90 Å². The lowest BCUT2D eigenvalue weighted by molar-refractivity contribution is -0.671. The summed E-state index contributed by atoms with van der Waals surface area (Å²) in [7, 11) is 0. The van der Waals surface area contributed by atoms with E-state index in [1.807, 2.05) is 13.0 Å². The molecular formula is C24H34N2O6. The first-order valence-electron chi connectivity index (χ1n) is 11.5. The zero-order valence-electron chi connectivity index (χ0n) is 19.3. The van der Waals surface area contributed by atoms with Crippen molar-refractivity contribution in [3.8, 4) is 5.75 Å². The van der Waals surface area contributed by atoms with Crippen molar-refractivity contribution in [2.24, 2.45) is 0 Å². The molecule has 0 aliphatic carbocycles. The zero-order chi connectivity index (χ0) is 23.1. The Hall–Kier alpha value is -2.42. The first kappa shape index (κ1) is 24.2. The van der Waals surface area contributed by atoms with Gasteiger partial charge in [-0.15, -0.1) is 0 Å². The monoisotopic (exact) mass is 446 g/mol. The normalized spacial score (nSPS) is 14.7. The SMILES string of the molecule is CCOC(=O)CCc1c(C)c2cc(C[NH2+]CCCN3CCOCC3)c([O-])c(C)c2oc1=O. The number of quaternary nitrogens is 1. The molecule has 1 aromatic carbocycles. The number of carbonyl (C=O) groups is 1. The molecule has 1 aromatic heterocycles. The number of fused-ring (bicyclic) bond motifs is 1. The molecule has 0 bridgehead atoms. The van der Waals surface area contributed by atoms with Crippen LogP contribution in [0.1, 0.15) is 42.0 Å². The summed E-state index contributed by atoms with van der Waals surface area (Å²) in [4.78, 5) is 26.6. The van der Waals surface area contributed by atoms with Crippen molar-refractivity contribution < 1.29 is 29.1 Å². The third-order valence-corrected chi connectivity index (χ3v) is 6.07. The Balaban J connectivity index is 1.70. The molecule has 8 heteroatoms. The fourth-order valence-corrected chi connectivity index (χ4v) is 4.17. The fourth-order valence-electron chi connectivity index (χ4n) is 4.17. The van der Waals surface area contributed by atoms with Crippen LogP contribution in [0.25, 0.3) is 11.0 Å². The molecule has 1 saturated heterocycles. The highest BCUT2D eigenvalue weighted by atomic mass is 16.5. The topological polar surface area (TPSA) is 109 Å². The van der Waals surface area contributed by atoms with Gasteiger partial charge in [-0.25, -0.2) is 4.79 Å². The Morgan fingerprint density at radius 2 is 2.00 bits per heavy atom. The summed E-state index contributed by atoms with van der Waals surface area (Å²) in [5.41, 5.74) is 2.23. The van der Waals surface area contributed by atoms with Crippen LogP contribution in [0.5, 0.6) is 5.75 Å². The first-order valence-corrected chi connectivity index (χ1v) is 11.5. The summed E-state index contributed by atoms with van der Waals surface area (Å²) in [6, 6.07) is 1.84. The molecule has 2 N–H and O–H groups in total. The Kier molecular flexibility index (Phi) is 8.67. The van der Waals surface area contributed by atoms with E-state index < -0.39 is 5.63 Å². The quantitative estimate of drug-likeness (QED) is 0.326. The maximum Gasteiger partial charge on any atom is 0.339 e. The van der Waals surface area contributed by atoms with Gasteiger partial charge in [-0.3, -0.25) is 9.69 Å². The molecule has 1 fully saturated rings. The van der Waals surface area contributed by atoms with Crippen molar-refractivity contribution in [1.29, 1.82) is 0 Å². The van der Waals surface area contributed by atoms with Crippen molar-refractivity contribution in [3.63, 3.8) is 0 Å². The summed E-state index contributed by atoms with van der Waals surface area (Å²) in [6.07, 6.45) is 1.42. The Morgan fingerprint density at radius 3 is 2.72 bits per heavy atom. The first-order chi connectivity index (χ1) is 15.4. The molecule has 0 unspecified atom stereocenters. The van der Waals surface area contributed by atoms with Crippen LogP contribution in [0.4, 0.5) is 0 Å². The van der Waals surface area contributed by atoms with Crippen molar-refractivity contribution in [2.45, 2.75) is 46.6 Å². The van der Waals surface area contributed by atoms with Gasteiger partial charge in [0, 0.05) is 43.4 Å². The molecule has 3 rings (SSSR count). The van der Waals surface area contributed by atoms with Gasteiger partial charge < -0.3 is 24.3 Å². The second-order valence-corrected chi connectivity index (χ2v) is 8.25. The largest absolute Gasteiger partial charge is 0.872 e. The molecule has 0 radical (unpaired) electrons. The van der Waals surface area contributed by atoms with Crippen LogP contribution < -0.4 is 16.0 Å². The van der Waals surface area contributed by atoms with Crippen LogP contribution in [-0.2, 0) is 27.2 Å². The summed E-state index contributed by atoms with van der Waals surface area (Å²) in [6.45, 7) is 11.7. The van der Waals surface area contributed by atoms with E-state index >= 15 is 0 Å². The number of hydrogen-bond acceptors (Lipinski definition) is 7. The predicted octanol–water partition coefficient (Wildman–Crippen LogP) is 0.765. The molecule has 0 spiro atoms. The maximum atomic E-state index is 12.8. The van der Waals surface area contributed by atoms with Gasteiger partial charge in [0.05, 0.1) is 26.4 Å². The second kappa shape index (κ2) is 11.4. The average Bonchev–Trinajstić information content (AvgIpc) is 2.78. The van der Waals surface area contributed by atoms with Crippen LogP contribution in [-0.4, -0.2) is 56.9 Å². The minimum absolute atomic E-state index is 0.0799. The number of carbonyl (C=O) groups excluding carboxylic acids is 1. The van der Waals surface area contributed by atoms with Gasteiger partial charge in [-0.1, -0.05) is 5.75 Å². The molecule has 176 valence electrons. The molecule has 1 aliphatic rings. The lowest BCUT2D eigenvalue weighted by atomic mass is 9.97. The summed E-state index contributed by atoms with van der Waals surface area (Å²) in [5.74, 6) is -0.423. The van der Waals surface area contributed by atoms with Crippen LogP contribution >= 0.6 is 0 Å². The zero-order valence-corrected chi connectivity index (χ0v) is 19.3. The van der Waals surface area contributed by atoms with E-state index in [0.29, 0.717) is 35.4 Å². The molecule has 0 amide bonds. The van der Waals surface area contributed by atoms with Crippen LogP contribution in [0.2, 0.25) is 0 Å². The maximum absolute atomic E-state index is 12.8. The van der Waals surface area contributed by atoms with Crippen LogP contribution in [0.15, 0.2) is 15.3 Å². The minimum atomic E-state index is -0.496. The molecule has 8 nitrogen and oxygen atoms in total. The lowest BCUT2D eigenvalue weighted by Crippen LogP contribution is -2.82. The van der Waals surface area contributed by atoms with E-state index in [1.54, 1.807) is 13.8 Å². The second-order valence-electron chi connectivity index (χ2n) is 8.25. The smallest absolute Gasteiger partial charge is 0.339 e. The Morgan fingerprint density at radius 1 is 1.25 bits per heavy atom. The van der Waals surface area contributed by atoms with Crippen molar-refractivity contribution in [2.75, 3.05) is 46.0 Å². The number of ether oxygens (including phenoxy) is 2. The molecule has 2 aromatic rings. The number of hydrogen-bond donors (Lipinski definition) is 1. The van der Waals surface area contributed by atoms with E-state index in [4.69, 9.17) is 13.9 Å². The Labute approximate surface area is 188 Å². The predicted molar refractivity (Wildman–Crippen MR) is 119 cm³/mol. The standard InChI is InChI=1S/C24H34N2O6/c1-4-31-21(27)7-6-19-16(2)20-14-18(22(28)17(3)23(20)32-24(19)29)15-25-8-5-9-26-10-12-30-13-11-26/h14,25,28H,4-13,15H2,1-3H3. The Bertz CT molecular complexity index is 994. The summed E-state index contributed by atoms with van der Waals surface area (Å²) >= 11 is 0. The molecule has 0 saturated carbocycles. The highest BCUT2D eigenvalue weighted by Crippen LogP contribution is 2.30. The number of rotatable bonds is 10. The number of morpholine rings is 1. The van der Waals surface area contributed by atoms with Crippen LogP contribution in [0, 0.1) is 13.8 Å². The van der Waals surface area contributed by atoms with E-state index in [2.05, 4.69) is 10.2 Å². The van der Waals surface area contributed by atoms with Gasteiger partial charge >= 0.3 is 11.6 Å². The lowest BCUT2D eigenvalue weighted by Gasteiger charge is -2.26. The number of nitrogens with two attached hydrogens (primary N) is 1. The van der Waals surface area contributed by atoms with E-state index in [1.165, 1.54) is 0 Å². The third-order valence-electron chi connectivity index (χ3n) is 6.07. The molecule has 2 heterocycles. The summed E-state index contributed by atoms with van der Waals surface area (Å²) in [5, 5.41) is 15.7. The highest BCUT2D eigenvalue weighted by molar-refractivity contribution is 5.86. The number of benzene rings is 1. The van der Waals surface area contributed by atoms with Crippen LogP contribution in [0.3, 0.4) is 0 Å². The number of nitrogens with zero attached hydrogens (tertiary/aromatic N) is 1. The van der Waals surface area contributed by atoms with E-state index in [0.717, 1.165) is 56.8 Å². The van der Waals surface area contributed by atoms with Gasteiger partial charge in [0.2, 0.25) is 0 Å². The van der Waals surface area contributed by atoms with Gasteiger partial charge in [0.15, 0.2) is 0 Å². The molecule has 1 aliphatic heterocycles. The van der Waals surface area contributed by atoms with Crippen molar-refractivity contribution >= 4 is 16.9 Å². The molecular weight excluding hydrogens is 412 g/mol. The third kappa shape index (κ3) is 5.88. The van der Waals surface area contributed by atoms with E-state index in [-0.39, 0.29) is 24.6 Å². The molecule has 32 heavy (non-hydrogen) atoms. The fraction of sp³-hybridized carbons (Fsp3) is 0.583. The number of esters is 1. The van der Waals surface area contributed by atoms with Gasteiger partial charge in [0.25, 0.3) is 0 Å². The van der Waals surface area contributed by atoms with Gasteiger partial charge in [-0.2, -0.15) is 0 Å². The van der Waals surface area contributed by atoms with Crippen molar-refractivity contribution in [3.05, 3.63) is 38.7 Å². The highest BCUT2D eigenvalue weighted by Gasteiger charge is 2.17.